The van der Waals surface area contributed by atoms with Crippen molar-refractivity contribution < 1.29 is 0 Å². The zero-order valence-corrected chi connectivity index (χ0v) is 14.7. The molecule has 0 aliphatic carbocycles. The monoisotopic (exact) mass is 337 g/mol. The van der Waals surface area contributed by atoms with Crippen LogP contribution in [0.5, 0.6) is 0 Å². The molecule has 1 fully saturated rings. The molecule has 0 atom stereocenters. The lowest BCUT2D eigenvalue weighted by molar-refractivity contribution is 0.104. The number of aromatic nitrogens is 3. The van der Waals surface area contributed by atoms with E-state index in [1.807, 2.05) is 12.1 Å². The molecule has 1 N–H and O–H groups in total. The lowest BCUT2D eigenvalue weighted by Gasteiger charge is -2.36. The molecule has 4 rings (SSSR count). The van der Waals surface area contributed by atoms with E-state index >= 15 is 0 Å². The van der Waals surface area contributed by atoms with Crippen molar-refractivity contribution in [1.82, 2.24) is 24.8 Å². The number of pyridine rings is 1. The third-order valence-corrected chi connectivity index (χ3v) is 5.11. The van der Waals surface area contributed by atoms with Crippen LogP contribution in [0.3, 0.4) is 0 Å². The average molecular weight is 337 g/mol. The molecule has 1 aliphatic rings. The predicted octanol–water partition coefficient (Wildman–Crippen LogP) is 2.00. The van der Waals surface area contributed by atoms with Crippen LogP contribution in [0.4, 0.5) is 0 Å². The van der Waals surface area contributed by atoms with Crippen molar-refractivity contribution in [2.24, 2.45) is 0 Å². The first-order valence-electron chi connectivity index (χ1n) is 8.83. The van der Waals surface area contributed by atoms with Crippen LogP contribution in [0.25, 0.3) is 21.8 Å². The number of benzene rings is 1. The van der Waals surface area contributed by atoms with Gasteiger partial charge in [0.15, 0.2) is 0 Å². The maximum absolute atomic E-state index is 12.4. The standard InChI is InChI=1S/C19H23N5O/c1-13(2)24-7-5-23(6-8-24)11-14-3-4-15-16(9-14)19(25)22-18-17(15)10-20-12-21-18/h3-4,9-10,12-13H,5-8,11H2,1-2H3,(H,20,21,22,25). The van der Waals surface area contributed by atoms with Gasteiger partial charge in [0.25, 0.3) is 5.56 Å². The average Bonchev–Trinajstić information content (AvgIpc) is 2.62. The van der Waals surface area contributed by atoms with Gasteiger partial charge < -0.3 is 4.98 Å². The molecular weight excluding hydrogens is 314 g/mol. The van der Waals surface area contributed by atoms with Crippen LogP contribution in [0, 0.1) is 0 Å². The molecule has 0 amide bonds. The van der Waals surface area contributed by atoms with Crippen LogP contribution in [-0.4, -0.2) is 57.0 Å². The van der Waals surface area contributed by atoms with Crippen molar-refractivity contribution in [3.8, 4) is 0 Å². The van der Waals surface area contributed by atoms with Crippen molar-refractivity contribution in [2.45, 2.75) is 26.4 Å². The van der Waals surface area contributed by atoms with E-state index < -0.39 is 0 Å². The molecule has 6 nitrogen and oxygen atoms in total. The Morgan fingerprint density at radius 2 is 1.92 bits per heavy atom. The Hall–Kier alpha value is -2.31. The van der Waals surface area contributed by atoms with E-state index in [-0.39, 0.29) is 5.56 Å². The van der Waals surface area contributed by atoms with E-state index in [1.165, 1.54) is 11.9 Å². The largest absolute Gasteiger partial charge is 0.306 e. The van der Waals surface area contributed by atoms with Gasteiger partial charge in [0.1, 0.15) is 12.0 Å². The number of rotatable bonds is 3. The molecule has 25 heavy (non-hydrogen) atoms. The zero-order chi connectivity index (χ0) is 17.4. The number of hydrogen-bond donors (Lipinski definition) is 1. The third kappa shape index (κ3) is 3.15. The van der Waals surface area contributed by atoms with Gasteiger partial charge in [-0.05, 0) is 30.9 Å². The Balaban J connectivity index is 1.61. The maximum atomic E-state index is 12.4. The van der Waals surface area contributed by atoms with E-state index in [1.54, 1.807) is 6.20 Å². The van der Waals surface area contributed by atoms with Crippen molar-refractivity contribution >= 4 is 21.8 Å². The Bertz CT molecular complexity index is 957. The molecule has 0 bridgehead atoms. The highest BCUT2D eigenvalue weighted by Gasteiger charge is 2.19. The predicted molar refractivity (Wildman–Crippen MR) is 99.7 cm³/mol. The molecule has 1 aliphatic heterocycles. The summed E-state index contributed by atoms with van der Waals surface area (Å²) in [6.45, 7) is 9.72. The number of hydrogen-bond acceptors (Lipinski definition) is 5. The normalized spacial score (nSPS) is 16.9. The van der Waals surface area contributed by atoms with E-state index in [2.05, 4.69) is 44.7 Å². The Kier molecular flexibility index (Phi) is 4.23. The number of nitrogens with zero attached hydrogens (tertiary/aromatic N) is 4. The molecule has 0 saturated carbocycles. The Morgan fingerprint density at radius 1 is 1.12 bits per heavy atom. The van der Waals surface area contributed by atoms with Crippen LogP contribution < -0.4 is 5.56 Å². The SMILES string of the molecule is CC(C)N1CCN(Cc2ccc3c(c2)c(=O)[nH]c2ncncc23)CC1. The second-order valence-corrected chi connectivity index (χ2v) is 7.02. The van der Waals surface area contributed by atoms with Crippen LogP contribution in [0.15, 0.2) is 35.5 Å². The molecule has 130 valence electrons. The summed E-state index contributed by atoms with van der Waals surface area (Å²) in [5, 5.41) is 2.50. The molecule has 2 aromatic heterocycles. The molecule has 1 saturated heterocycles. The second kappa shape index (κ2) is 6.54. The van der Waals surface area contributed by atoms with Gasteiger partial charge in [-0.2, -0.15) is 0 Å². The lowest BCUT2D eigenvalue weighted by Crippen LogP contribution is -2.48. The first-order chi connectivity index (χ1) is 12.1. The highest BCUT2D eigenvalue weighted by Crippen LogP contribution is 2.21. The fraction of sp³-hybridized carbons (Fsp3) is 0.421. The van der Waals surface area contributed by atoms with Gasteiger partial charge in [0, 0.05) is 55.7 Å². The lowest BCUT2D eigenvalue weighted by atomic mass is 10.1. The minimum absolute atomic E-state index is 0.0901. The smallest absolute Gasteiger partial charge is 0.257 e. The number of nitrogens with one attached hydrogen (secondary N) is 1. The first-order valence-corrected chi connectivity index (χ1v) is 8.83. The summed E-state index contributed by atoms with van der Waals surface area (Å²) < 4.78 is 0. The number of H-pyrrole nitrogens is 1. The van der Waals surface area contributed by atoms with E-state index in [9.17, 15) is 4.79 Å². The van der Waals surface area contributed by atoms with Gasteiger partial charge in [-0.3, -0.25) is 14.6 Å². The number of piperazine rings is 1. The van der Waals surface area contributed by atoms with Crippen LogP contribution in [-0.2, 0) is 6.54 Å². The minimum Gasteiger partial charge on any atom is -0.306 e. The zero-order valence-electron chi connectivity index (χ0n) is 14.7. The topological polar surface area (TPSA) is 65.1 Å². The molecule has 0 spiro atoms. The molecule has 1 aromatic carbocycles. The van der Waals surface area contributed by atoms with E-state index in [0.29, 0.717) is 17.1 Å². The summed E-state index contributed by atoms with van der Waals surface area (Å²) in [5.41, 5.74) is 1.67. The molecular formula is C19H23N5O. The van der Waals surface area contributed by atoms with Crippen molar-refractivity contribution in [1.29, 1.82) is 0 Å². The van der Waals surface area contributed by atoms with Crippen LogP contribution >= 0.6 is 0 Å². The van der Waals surface area contributed by atoms with Gasteiger partial charge in [0.2, 0.25) is 0 Å². The third-order valence-electron chi connectivity index (χ3n) is 5.11. The van der Waals surface area contributed by atoms with Gasteiger partial charge in [0.05, 0.1) is 0 Å². The van der Waals surface area contributed by atoms with Crippen molar-refractivity contribution in [3.05, 3.63) is 46.6 Å². The molecule has 0 radical (unpaired) electrons. The first kappa shape index (κ1) is 16.2. The summed E-state index contributed by atoms with van der Waals surface area (Å²) in [6, 6.07) is 6.76. The number of fused-ring (bicyclic) bond motifs is 3. The fourth-order valence-electron chi connectivity index (χ4n) is 3.61. The second-order valence-electron chi connectivity index (χ2n) is 7.02. The van der Waals surface area contributed by atoms with Gasteiger partial charge in [-0.15, -0.1) is 0 Å². The highest BCUT2D eigenvalue weighted by molar-refractivity contribution is 6.03. The minimum atomic E-state index is -0.0901. The summed E-state index contributed by atoms with van der Waals surface area (Å²) >= 11 is 0. The van der Waals surface area contributed by atoms with Gasteiger partial charge >= 0.3 is 0 Å². The molecule has 6 heteroatoms. The maximum Gasteiger partial charge on any atom is 0.257 e. The quantitative estimate of drug-likeness (QED) is 0.741. The van der Waals surface area contributed by atoms with Crippen LogP contribution in [0.1, 0.15) is 19.4 Å². The molecule has 0 unspecified atom stereocenters. The van der Waals surface area contributed by atoms with Gasteiger partial charge in [-0.1, -0.05) is 12.1 Å². The van der Waals surface area contributed by atoms with Crippen molar-refractivity contribution in [3.63, 3.8) is 0 Å². The number of aromatic amines is 1. The summed E-state index contributed by atoms with van der Waals surface area (Å²) in [6.07, 6.45) is 3.21. The summed E-state index contributed by atoms with van der Waals surface area (Å²) in [5.74, 6) is 0. The summed E-state index contributed by atoms with van der Waals surface area (Å²) in [7, 11) is 0. The fourth-order valence-corrected chi connectivity index (χ4v) is 3.61. The van der Waals surface area contributed by atoms with Crippen LogP contribution in [0.2, 0.25) is 0 Å². The Labute approximate surface area is 146 Å². The van der Waals surface area contributed by atoms with Crippen molar-refractivity contribution in [2.75, 3.05) is 26.2 Å². The van der Waals surface area contributed by atoms with E-state index in [4.69, 9.17) is 0 Å². The Morgan fingerprint density at radius 3 is 2.68 bits per heavy atom. The highest BCUT2D eigenvalue weighted by atomic mass is 16.1. The molecule has 3 heterocycles. The summed E-state index contributed by atoms with van der Waals surface area (Å²) in [4.78, 5) is 28.5. The molecule has 3 aromatic rings. The van der Waals surface area contributed by atoms with E-state index in [0.717, 1.165) is 43.5 Å². The van der Waals surface area contributed by atoms with Gasteiger partial charge in [-0.25, -0.2) is 9.97 Å².